The second-order valence-corrected chi connectivity index (χ2v) is 12.1. The van der Waals surface area contributed by atoms with Gasteiger partial charge >= 0.3 is 5.97 Å². The maximum atomic E-state index is 12.1. The summed E-state index contributed by atoms with van der Waals surface area (Å²) in [5, 5.41) is 10.5. The van der Waals surface area contributed by atoms with Gasteiger partial charge in [-0.25, -0.2) is 17.7 Å². The summed E-state index contributed by atoms with van der Waals surface area (Å²) in [7, 11) is -4.59. The van der Waals surface area contributed by atoms with Gasteiger partial charge in [0, 0.05) is 22.2 Å². The fraction of sp³-hybridized carbons (Fsp3) is 0.200. The Kier molecular flexibility index (Phi) is 5.33. The van der Waals surface area contributed by atoms with E-state index in [1.807, 2.05) is 12.1 Å². The largest absolute Gasteiger partial charge is 0.743 e. The molecule has 1 fully saturated rings. The van der Waals surface area contributed by atoms with Gasteiger partial charge in [-0.15, -0.1) is 0 Å². The quantitative estimate of drug-likeness (QED) is 0.308. The van der Waals surface area contributed by atoms with E-state index in [-0.39, 0.29) is 17.4 Å². The van der Waals surface area contributed by atoms with Crippen molar-refractivity contribution in [3.63, 3.8) is 0 Å². The van der Waals surface area contributed by atoms with E-state index in [2.05, 4.69) is 0 Å². The number of aliphatic carboxylic acids is 1. The number of quaternary nitrogens is 1. The van der Waals surface area contributed by atoms with E-state index in [1.54, 1.807) is 34.9 Å². The molecule has 2 aliphatic heterocycles. The standard InChI is InChI=1S/C20H14Cl2N2O5S3/c21-11-1-3-15-13(7-11)23(10-20(25)26)17(30-15)9-18-24(6-5-19(24)32(27,28)29)14-8-12(22)2-4-16(14)31-18/h1-4,7-9,19H,5-6,10H2/p+1. The number of carbonyl (C=O) groups is 1. The molecule has 2 atom stereocenters. The van der Waals surface area contributed by atoms with Crippen molar-refractivity contribution >= 4 is 84.4 Å². The Labute approximate surface area is 201 Å². The number of nitrogens with zero attached hydrogens (tertiary/aromatic N) is 2. The Morgan fingerprint density at radius 3 is 2.62 bits per heavy atom. The lowest BCUT2D eigenvalue weighted by Crippen LogP contribution is -2.66. The van der Waals surface area contributed by atoms with Crippen LogP contribution >= 0.6 is 46.3 Å². The molecule has 0 aliphatic carbocycles. The minimum absolute atomic E-state index is 0.117. The molecule has 32 heavy (non-hydrogen) atoms. The molecule has 0 radical (unpaired) electrons. The van der Waals surface area contributed by atoms with Crippen LogP contribution in [0.5, 0.6) is 0 Å². The molecule has 2 aliphatic rings. The fourth-order valence-corrected chi connectivity index (χ4v) is 8.38. The zero-order valence-corrected chi connectivity index (χ0v) is 20.2. The molecule has 1 N–H and O–H groups in total. The van der Waals surface area contributed by atoms with E-state index in [9.17, 15) is 22.9 Å². The normalized spacial score (nSPS) is 23.6. The van der Waals surface area contributed by atoms with Gasteiger partial charge in [0.1, 0.15) is 4.70 Å². The maximum absolute atomic E-state index is 12.1. The molecule has 3 heterocycles. The fourth-order valence-electron chi connectivity index (χ4n) is 4.32. The van der Waals surface area contributed by atoms with Gasteiger partial charge < -0.3 is 9.66 Å². The van der Waals surface area contributed by atoms with E-state index in [4.69, 9.17) is 23.2 Å². The average Bonchev–Trinajstić information content (AvgIpc) is 3.15. The molecule has 0 saturated carbocycles. The molecule has 1 spiro atoms. The lowest BCUT2D eigenvalue weighted by Gasteiger charge is -2.49. The first kappa shape index (κ1) is 22.1. The summed E-state index contributed by atoms with van der Waals surface area (Å²) in [6, 6.07) is 10.5. The van der Waals surface area contributed by atoms with Crippen LogP contribution < -0.4 is 9.05 Å². The summed E-state index contributed by atoms with van der Waals surface area (Å²) in [4.78, 5) is 12.4. The third kappa shape index (κ3) is 3.45. The van der Waals surface area contributed by atoms with Crippen molar-refractivity contribution in [1.82, 2.24) is 4.48 Å². The molecule has 1 saturated heterocycles. The molecule has 1 aromatic heterocycles. The van der Waals surface area contributed by atoms with Crippen LogP contribution in [0.4, 0.5) is 5.69 Å². The topological polar surface area (TPSA) is 98.4 Å². The highest BCUT2D eigenvalue weighted by molar-refractivity contribution is 8.03. The SMILES string of the molecule is O=C(O)C[n+]1c(C=C2Sc3ccc(Cl)cc3[N+]23CCC3S(=O)(=O)[O-])sc2ccc(Cl)cc21. The Morgan fingerprint density at radius 2 is 1.97 bits per heavy atom. The van der Waals surface area contributed by atoms with E-state index < -0.39 is 21.5 Å². The van der Waals surface area contributed by atoms with Gasteiger partial charge in [-0.1, -0.05) is 34.5 Å². The van der Waals surface area contributed by atoms with Crippen molar-refractivity contribution in [3.8, 4) is 0 Å². The highest BCUT2D eigenvalue weighted by Gasteiger charge is 2.60. The first-order valence-corrected chi connectivity index (χ1v) is 13.3. The molecule has 166 valence electrons. The van der Waals surface area contributed by atoms with Crippen LogP contribution in [0.3, 0.4) is 0 Å². The predicted molar refractivity (Wildman–Crippen MR) is 125 cm³/mol. The number of carboxylic acids is 1. The second kappa shape index (κ2) is 7.69. The van der Waals surface area contributed by atoms with Crippen LogP contribution in [0.15, 0.2) is 46.3 Å². The first-order valence-electron chi connectivity index (χ1n) is 9.46. The summed E-state index contributed by atoms with van der Waals surface area (Å²) in [5.41, 5.74) is 1.35. The van der Waals surface area contributed by atoms with E-state index in [0.29, 0.717) is 37.8 Å². The van der Waals surface area contributed by atoms with Gasteiger partial charge in [-0.3, -0.25) is 0 Å². The van der Waals surface area contributed by atoms with Gasteiger partial charge in [0.05, 0.1) is 23.9 Å². The van der Waals surface area contributed by atoms with E-state index in [0.717, 1.165) is 9.60 Å². The van der Waals surface area contributed by atoms with Gasteiger partial charge in [0.25, 0.3) is 5.01 Å². The van der Waals surface area contributed by atoms with Crippen molar-refractivity contribution in [2.75, 3.05) is 6.54 Å². The molecule has 5 rings (SSSR count). The minimum atomic E-state index is -4.59. The van der Waals surface area contributed by atoms with Crippen molar-refractivity contribution in [2.45, 2.75) is 23.2 Å². The third-order valence-electron chi connectivity index (χ3n) is 5.74. The number of hydrogen-bond acceptors (Lipinski definition) is 6. The number of carboxylic acid groups (broad SMARTS) is 1. The van der Waals surface area contributed by atoms with Crippen LogP contribution in [0.1, 0.15) is 11.4 Å². The summed E-state index contributed by atoms with van der Waals surface area (Å²) in [6.45, 7) is 0.153. The van der Waals surface area contributed by atoms with Crippen LogP contribution in [0.25, 0.3) is 16.3 Å². The summed E-state index contributed by atoms with van der Waals surface area (Å²) in [6.07, 6.45) is 2.03. The average molecular weight is 530 g/mol. The Balaban J connectivity index is 1.73. The summed E-state index contributed by atoms with van der Waals surface area (Å²) >= 11 is 15.1. The number of aromatic nitrogens is 1. The maximum Gasteiger partial charge on any atom is 0.370 e. The summed E-state index contributed by atoms with van der Waals surface area (Å²) < 4.78 is 38.7. The van der Waals surface area contributed by atoms with Crippen molar-refractivity contribution in [2.24, 2.45) is 0 Å². The first-order chi connectivity index (χ1) is 15.1. The van der Waals surface area contributed by atoms with Gasteiger partial charge in [0.15, 0.2) is 26.2 Å². The van der Waals surface area contributed by atoms with Gasteiger partial charge in [-0.2, -0.15) is 4.57 Å². The highest BCUT2D eigenvalue weighted by Crippen LogP contribution is 2.58. The highest BCUT2D eigenvalue weighted by atomic mass is 35.5. The van der Waals surface area contributed by atoms with Crippen LogP contribution in [0, 0.1) is 0 Å². The molecule has 0 amide bonds. The van der Waals surface area contributed by atoms with E-state index in [1.165, 1.54) is 23.1 Å². The molecular weight excluding hydrogens is 515 g/mol. The minimum Gasteiger partial charge on any atom is -0.743 e. The number of thioether (sulfide) groups is 1. The van der Waals surface area contributed by atoms with Crippen LogP contribution in [0.2, 0.25) is 10.0 Å². The predicted octanol–water partition coefficient (Wildman–Crippen LogP) is 4.27. The molecule has 12 heteroatoms. The van der Waals surface area contributed by atoms with Gasteiger partial charge in [-0.05, 0) is 36.0 Å². The van der Waals surface area contributed by atoms with Crippen molar-refractivity contribution < 1.29 is 27.4 Å². The Morgan fingerprint density at radius 1 is 1.25 bits per heavy atom. The molecular formula is C20H15Cl2N2O5S3+. The molecule has 2 aromatic carbocycles. The van der Waals surface area contributed by atoms with Crippen molar-refractivity contribution in [1.29, 1.82) is 0 Å². The van der Waals surface area contributed by atoms with Gasteiger partial charge in [0.2, 0.25) is 12.1 Å². The zero-order chi connectivity index (χ0) is 22.8. The molecule has 3 aromatic rings. The Bertz CT molecular complexity index is 1440. The van der Waals surface area contributed by atoms with E-state index >= 15 is 0 Å². The zero-order valence-electron chi connectivity index (χ0n) is 16.2. The lowest BCUT2D eigenvalue weighted by atomic mass is 10.1. The van der Waals surface area contributed by atoms with Crippen LogP contribution in [-0.4, -0.2) is 36.0 Å². The number of hydrogen-bond donors (Lipinski definition) is 1. The number of halogens is 2. The molecule has 2 unspecified atom stereocenters. The second-order valence-electron chi connectivity index (χ2n) is 7.56. The lowest BCUT2D eigenvalue weighted by molar-refractivity contribution is -0.657. The summed E-state index contributed by atoms with van der Waals surface area (Å²) in [5.74, 6) is -1.02. The van der Waals surface area contributed by atoms with Crippen molar-refractivity contribution in [3.05, 3.63) is 56.5 Å². The number of thiazole rings is 1. The molecule has 0 bridgehead atoms. The number of rotatable bonds is 4. The number of benzene rings is 2. The molecule has 7 nitrogen and oxygen atoms in total. The number of fused-ring (bicyclic) bond motifs is 3. The van der Waals surface area contributed by atoms with Crippen LogP contribution in [-0.2, 0) is 21.5 Å². The smallest absolute Gasteiger partial charge is 0.370 e. The Hall–Kier alpha value is -1.66. The monoisotopic (exact) mass is 529 g/mol. The third-order valence-corrected chi connectivity index (χ3v) is 9.81.